The molecule has 0 N–H and O–H groups in total. The van der Waals surface area contributed by atoms with Gasteiger partial charge in [0.1, 0.15) is 0 Å². The summed E-state index contributed by atoms with van der Waals surface area (Å²) in [5.41, 5.74) is 6.71. The van der Waals surface area contributed by atoms with Gasteiger partial charge in [-0.15, -0.1) is 0 Å². The Morgan fingerprint density at radius 3 is 3.00 bits per heavy atom. The van der Waals surface area contributed by atoms with Crippen molar-refractivity contribution in [3.63, 3.8) is 0 Å². The van der Waals surface area contributed by atoms with Gasteiger partial charge in [-0.2, -0.15) is 0 Å². The van der Waals surface area contributed by atoms with E-state index in [4.69, 9.17) is 0 Å². The highest BCUT2D eigenvalue weighted by Crippen LogP contribution is 2.25. The second-order valence-electron chi connectivity index (χ2n) is 4.75. The number of pyridine rings is 1. The molecule has 0 saturated heterocycles. The number of aromatic nitrogens is 1. The summed E-state index contributed by atoms with van der Waals surface area (Å²) in [4.78, 5) is 4.60. The predicted molar refractivity (Wildman–Crippen MR) is 71.1 cm³/mol. The van der Waals surface area contributed by atoms with Crippen LogP contribution in [-0.2, 0) is 19.3 Å². The highest BCUT2D eigenvalue weighted by Gasteiger charge is 2.09. The van der Waals surface area contributed by atoms with Gasteiger partial charge >= 0.3 is 0 Å². The van der Waals surface area contributed by atoms with E-state index in [0.717, 1.165) is 12.1 Å². The van der Waals surface area contributed by atoms with E-state index in [2.05, 4.69) is 48.4 Å². The normalized spacial score (nSPS) is 13.7. The van der Waals surface area contributed by atoms with Gasteiger partial charge in [-0.25, -0.2) is 0 Å². The second-order valence-corrected chi connectivity index (χ2v) is 4.75. The minimum absolute atomic E-state index is 1.08. The SMILES string of the molecule is CCc1cnc2cc1CCCc1cccc-2c1. The van der Waals surface area contributed by atoms with Crippen LogP contribution in [0.4, 0.5) is 0 Å². The third-order valence-corrected chi connectivity index (χ3v) is 3.60. The lowest BCUT2D eigenvalue weighted by molar-refractivity contribution is 0.811. The van der Waals surface area contributed by atoms with Gasteiger partial charge in [0.2, 0.25) is 0 Å². The van der Waals surface area contributed by atoms with E-state index in [0.29, 0.717) is 0 Å². The molecule has 0 amide bonds. The lowest BCUT2D eigenvalue weighted by atomic mass is 10.0. The van der Waals surface area contributed by atoms with E-state index in [1.165, 1.54) is 41.5 Å². The number of nitrogens with zero attached hydrogens (tertiary/aromatic N) is 1. The molecule has 86 valence electrons. The Kier molecular flexibility index (Phi) is 2.68. The second kappa shape index (κ2) is 4.33. The fraction of sp³-hybridized carbons (Fsp3) is 0.312. The van der Waals surface area contributed by atoms with Crippen LogP contribution in [0.3, 0.4) is 0 Å². The average molecular weight is 223 g/mol. The van der Waals surface area contributed by atoms with Crippen molar-refractivity contribution >= 4 is 0 Å². The summed E-state index contributed by atoms with van der Waals surface area (Å²) < 4.78 is 0. The average Bonchev–Trinajstić information content (AvgIpc) is 2.42. The van der Waals surface area contributed by atoms with Crippen LogP contribution < -0.4 is 0 Å². The molecular weight excluding hydrogens is 206 g/mol. The van der Waals surface area contributed by atoms with Gasteiger partial charge in [-0.1, -0.05) is 25.1 Å². The Labute approximate surface area is 103 Å². The Balaban J connectivity index is 2.17. The molecule has 0 unspecified atom stereocenters. The molecular formula is C16H17N. The number of hydrogen-bond acceptors (Lipinski definition) is 1. The predicted octanol–water partition coefficient (Wildman–Crippen LogP) is 3.80. The third-order valence-electron chi connectivity index (χ3n) is 3.60. The van der Waals surface area contributed by atoms with E-state index >= 15 is 0 Å². The zero-order chi connectivity index (χ0) is 11.7. The van der Waals surface area contributed by atoms with Crippen molar-refractivity contribution in [1.29, 1.82) is 0 Å². The van der Waals surface area contributed by atoms with Crippen molar-refractivity contribution in [3.05, 3.63) is 53.2 Å². The van der Waals surface area contributed by atoms with Crippen molar-refractivity contribution in [2.75, 3.05) is 0 Å². The highest BCUT2D eigenvalue weighted by molar-refractivity contribution is 5.61. The zero-order valence-electron chi connectivity index (χ0n) is 10.2. The summed E-state index contributed by atoms with van der Waals surface area (Å²) in [6.07, 6.45) is 6.73. The summed E-state index contributed by atoms with van der Waals surface area (Å²) in [6.45, 7) is 2.21. The molecule has 1 heterocycles. The van der Waals surface area contributed by atoms with Crippen LogP contribution in [0.15, 0.2) is 36.5 Å². The van der Waals surface area contributed by atoms with Crippen molar-refractivity contribution in [2.24, 2.45) is 0 Å². The van der Waals surface area contributed by atoms with Crippen LogP contribution in [0, 0.1) is 0 Å². The zero-order valence-corrected chi connectivity index (χ0v) is 10.2. The molecule has 1 aromatic heterocycles. The number of hydrogen-bond donors (Lipinski definition) is 0. The Morgan fingerprint density at radius 1 is 1.18 bits per heavy atom. The fourth-order valence-electron chi connectivity index (χ4n) is 2.60. The number of fused-ring (bicyclic) bond motifs is 5. The summed E-state index contributed by atoms with van der Waals surface area (Å²) in [7, 11) is 0. The summed E-state index contributed by atoms with van der Waals surface area (Å²) >= 11 is 0. The van der Waals surface area contributed by atoms with Crippen molar-refractivity contribution in [1.82, 2.24) is 4.98 Å². The van der Waals surface area contributed by atoms with Crippen molar-refractivity contribution < 1.29 is 0 Å². The smallest absolute Gasteiger partial charge is 0.0705 e. The first kappa shape index (κ1) is 10.5. The van der Waals surface area contributed by atoms with E-state index < -0.39 is 0 Å². The van der Waals surface area contributed by atoms with Gasteiger partial charge in [-0.05, 0) is 54.5 Å². The van der Waals surface area contributed by atoms with Gasteiger partial charge in [-0.3, -0.25) is 4.98 Å². The molecule has 17 heavy (non-hydrogen) atoms. The standard InChI is InChI=1S/C16H17N/c1-2-13-11-17-16-10-14(13)7-3-5-12-6-4-8-15(16)9-12/h4,6,8-11H,2-3,5,7H2,1H3. The molecule has 0 radical (unpaired) electrons. The first-order valence-corrected chi connectivity index (χ1v) is 6.44. The lowest BCUT2D eigenvalue weighted by Gasteiger charge is -2.08. The van der Waals surface area contributed by atoms with E-state index in [9.17, 15) is 0 Å². The molecule has 1 heteroatoms. The van der Waals surface area contributed by atoms with Crippen LogP contribution in [0.5, 0.6) is 0 Å². The van der Waals surface area contributed by atoms with Crippen LogP contribution in [-0.4, -0.2) is 4.98 Å². The van der Waals surface area contributed by atoms with Crippen molar-refractivity contribution in [2.45, 2.75) is 32.6 Å². The number of benzene rings is 1. The molecule has 1 nitrogen and oxygen atoms in total. The summed E-state index contributed by atoms with van der Waals surface area (Å²) in [6, 6.07) is 11.1. The minimum Gasteiger partial charge on any atom is -0.256 e. The molecule has 0 fully saturated rings. The van der Waals surface area contributed by atoms with E-state index in [1.54, 1.807) is 0 Å². The molecule has 2 aromatic rings. The molecule has 0 aliphatic heterocycles. The maximum Gasteiger partial charge on any atom is 0.0705 e. The van der Waals surface area contributed by atoms with Gasteiger partial charge in [0.25, 0.3) is 0 Å². The molecule has 0 saturated carbocycles. The lowest BCUT2D eigenvalue weighted by Crippen LogP contribution is -1.96. The van der Waals surface area contributed by atoms with Gasteiger partial charge in [0.05, 0.1) is 5.69 Å². The van der Waals surface area contributed by atoms with Gasteiger partial charge < -0.3 is 0 Å². The Morgan fingerprint density at radius 2 is 2.12 bits per heavy atom. The van der Waals surface area contributed by atoms with Crippen molar-refractivity contribution in [3.8, 4) is 11.3 Å². The first-order valence-electron chi connectivity index (χ1n) is 6.44. The topological polar surface area (TPSA) is 12.9 Å². The monoisotopic (exact) mass is 223 g/mol. The molecule has 1 aliphatic carbocycles. The molecule has 3 rings (SSSR count). The van der Waals surface area contributed by atoms with E-state index in [-0.39, 0.29) is 0 Å². The van der Waals surface area contributed by atoms with Crippen LogP contribution in [0.2, 0.25) is 0 Å². The first-order chi connectivity index (χ1) is 8.36. The summed E-state index contributed by atoms with van der Waals surface area (Å²) in [5.74, 6) is 0. The van der Waals surface area contributed by atoms with Crippen LogP contribution in [0.25, 0.3) is 11.3 Å². The Hall–Kier alpha value is -1.63. The Bertz CT molecular complexity index is 543. The maximum atomic E-state index is 4.60. The number of rotatable bonds is 1. The van der Waals surface area contributed by atoms with E-state index in [1.807, 2.05) is 0 Å². The number of aryl methyl sites for hydroxylation is 3. The molecule has 1 aliphatic rings. The minimum atomic E-state index is 1.08. The molecule has 1 aromatic carbocycles. The molecule has 0 atom stereocenters. The summed E-state index contributed by atoms with van der Waals surface area (Å²) in [5, 5.41) is 0. The van der Waals surface area contributed by atoms with Gasteiger partial charge in [0, 0.05) is 11.8 Å². The fourth-order valence-corrected chi connectivity index (χ4v) is 2.60. The molecule has 0 spiro atoms. The highest BCUT2D eigenvalue weighted by atomic mass is 14.7. The quantitative estimate of drug-likeness (QED) is 0.716. The van der Waals surface area contributed by atoms with Crippen LogP contribution in [0.1, 0.15) is 30.0 Å². The molecule has 4 bridgehead atoms. The van der Waals surface area contributed by atoms with Gasteiger partial charge in [0.15, 0.2) is 0 Å². The maximum absolute atomic E-state index is 4.60. The third kappa shape index (κ3) is 1.97. The largest absolute Gasteiger partial charge is 0.256 e. The van der Waals surface area contributed by atoms with Crippen LogP contribution >= 0.6 is 0 Å².